The number of amides is 1. The molecule has 0 radical (unpaired) electrons. The standard InChI is InChI=1S/C17H23F3N2O/c1-11(13-4-3-5-14(10-13)17(18,19)20)8-16(23)22-7-6-15(21)9-12(22)2/h3-5,10-12,15H,6-9,21H2,1-2H3/t11-,12+,15+/m1/s1. The van der Waals surface area contributed by atoms with Crippen LogP contribution in [0.4, 0.5) is 13.2 Å². The molecule has 1 heterocycles. The van der Waals surface area contributed by atoms with Crippen LogP contribution in [0, 0.1) is 0 Å². The Morgan fingerprint density at radius 3 is 2.74 bits per heavy atom. The lowest BCUT2D eigenvalue weighted by atomic mass is 9.93. The number of benzene rings is 1. The fourth-order valence-corrected chi connectivity index (χ4v) is 3.10. The molecule has 1 aliphatic rings. The van der Waals surface area contributed by atoms with Gasteiger partial charge in [0.2, 0.25) is 5.91 Å². The number of hydrogen-bond acceptors (Lipinski definition) is 2. The normalized spacial score (nSPS) is 23.7. The molecule has 6 heteroatoms. The summed E-state index contributed by atoms with van der Waals surface area (Å²) in [6, 6.07) is 5.42. The number of carbonyl (C=O) groups is 1. The lowest BCUT2D eigenvalue weighted by Crippen LogP contribution is -2.48. The minimum absolute atomic E-state index is 0.0192. The SMILES string of the molecule is C[C@H](CC(=O)N1CC[C@H](N)C[C@@H]1C)c1cccc(C(F)(F)F)c1. The van der Waals surface area contributed by atoms with E-state index in [2.05, 4.69) is 0 Å². The van der Waals surface area contributed by atoms with Crippen LogP contribution >= 0.6 is 0 Å². The molecule has 0 bridgehead atoms. The van der Waals surface area contributed by atoms with Crippen LogP contribution in [0.3, 0.4) is 0 Å². The number of halogens is 3. The number of alkyl halides is 3. The monoisotopic (exact) mass is 328 g/mol. The Kier molecular flexibility index (Phi) is 5.34. The van der Waals surface area contributed by atoms with Crippen LogP contribution in [0.25, 0.3) is 0 Å². The first-order valence-electron chi connectivity index (χ1n) is 7.90. The van der Waals surface area contributed by atoms with Crippen molar-refractivity contribution < 1.29 is 18.0 Å². The van der Waals surface area contributed by atoms with Gasteiger partial charge < -0.3 is 10.6 Å². The second kappa shape index (κ2) is 6.91. The molecule has 23 heavy (non-hydrogen) atoms. The fraction of sp³-hybridized carbons (Fsp3) is 0.588. The van der Waals surface area contributed by atoms with Crippen molar-refractivity contribution in [1.82, 2.24) is 4.90 Å². The number of carbonyl (C=O) groups excluding carboxylic acids is 1. The molecular weight excluding hydrogens is 305 g/mol. The van der Waals surface area contributed by atoms with Crippen LogP contribution in [0.1, 0.15) is 50.2 Å². The maximum Gasteiger partial charge on any atom is 0.416 e. The highest BCUT2D eigenvalue weighted by Crippen LogP contribution is 2.32. The van der Waals surface area contributed by atoms with Crippen molar-refractivity contribution in [2.45, 2.75) is 57.3 Å². The predicted octanol–water partition coefficient (Wildman–Crippen LogP) is 3.54. The molecule has 1 aromatic carbocycles. The van der Waals surface area contributed by atoms with E-state index in [1.54, 1.807) is 17.9 Å². The van der Waals surface area contributed by atoms with E-state index in [0.717, 1.165) is 25.0 Å². The van der Waals surface area contributed by atoms with Crippen molar-refractivity contribution in [3.05, 3.63) is 35.4 Å². The lowest BCUT2D eigenvalue weighted by Gasteiger charge is -2.37. The largest absolute Gasteiger partial charge is 0.416 e. The molecule has 0 spiro atoms. The van der Waals surface area contributed by atoms with Crippen LogP contribution < -0.4 is 5.73 Å². The molecule has 2 N–H and O–H groups in total. The van der Waals surface area contributed by atoms with E-state index in [1.165, 1.54) is 6.07 Å². The summed E-state index contributed by atoms with van der Waals surface area (Å²) in [5.41, 5.74) is 5.75. The Morgan fingerprint density at radius 2 is 2.13 bits per heavy atom. The number of nitrogens with two attached hydrogens (primary N) is 1. The summed E-state index contributed by atoms with van der Waals surface area (Å²) >= 11 is 0. The van der Waals surface area contributed by atoms with Gasteiger partial charge in [-0.25, -0.2) is 0 Å². The van der Waals surface area contributed by atoms with Crippen molar-refractivity contribution in [2.75, 3.05) is 6.54 Å². The summed E-state index contributed by atoms with van der Waals surface area (Å²) in [6.45, 7) is 4.37. The van der Waals surface area contributed by atoms with E-state index in [4.69, 9.17) is 5.73 Å². The van der Waals surface area contributed by atoms with Crippen molar-refractivity contribution in [2.24, 2.45) is 5.73 Å². The number of piperidine rings is 1. The summed E-state index contributed by atoms with van der Waals surface area (Å²) in [4.78, 5) is 14.2. The van der Waals surface area contributed by atoms with E-state index in [-0.39, 0.29) is 30.3 Å². The molecule has 1 aromatic rings. The van der Waals surface area contributed by atoms with Gasteiger partial charge in [-0.2, -0.15) is 13.2 Å². The predicted molar refractivity (Wildman–Crippen MR) is 82.9 cm³/mol. The number of nitrogens with zero attached hydrogens (tertiary/aromatic N) is 1. The van der Waals surface area contributed by atoms with E-state index in [1.807, 2.05) is 6.92 Å². The van der Waals surface area contributed by atoms with Gasteiger partial charge >= 0.3 is 6.18 Å². The maximum atomic E-state index is 12.8. The first-order valence-corrected chi connectivity index (χ1v) is 7.90. The van der Waals surface area contributed by atoms with Gasteiger partial charge in [-0.15, -0.1) is 0 Å². The Morgan fingerprint density at radius 1 is 1.43 bits per heavy atom. The molecule has 128 valence electrons. The zero-order chi connectivity index (χ0) is 17.2. The van der Waals surface area contributed by atoms with Crippen LogP contribution in [0.2, 0.25) is 0 Å². The zero-order valence-corrected chi connectivity index (χ0v) is 13.4. The lowest BCUT2D eigenvalue weighted by molar-refractivity contribution is -0.137. The van der Waals surface area contributed by atoms with Crippen molar-refractivity contribution in [3.8, 4) is 0 Å². The van der Waals surface area contributed by atoms with Gasteiger partial charge in [0.1, 0.15) is 0 Å². The molecule has 3 atom stereocenters. The zero-order valence-electron chi connectivity index (χ0n) is 13.4. The quantitative estimate of drug-likeness (QED) is 0.922. The Bertz CT molecular complexity index is 559. The number of hydrogen-bond donors (Lipinski definition) is 1. The summed E-state index contributed by atoms with van der Waals surface area (Å²) < 4.78 is 38.4. The third-order valence-electron chi connectivity index (χ3n) is 4.50. The Hall–Kier alpha value is -1.56. The van der Waals surface area contributed by atoms with Gasteiger partial charge in [0.05, 0.1) is 5.56 Å². The summed E-state index contributed by atoms with van der Waals surface area (Å²) in [5.74, 6) is -0.276. The smallest absolute Gasteiger partial charge is 0.340 e. The highest BCUT2D eigenvalue weighted by atomic mass is 19.4. The minimum Gasteiger partial charge on any atom is -0.340 e. The second-order valence-corrected chi connectivity index (χ2v) is 6.45. The summed E-state index contributed by atoms with van der Waals surface area (Å²) in [7, 11) is 0. The van der Waals surface area contributed by atoms with E-state index in [0.29, 0.717) is 12.1 Å². The van der Waals surface area contributed by atoms with Crippen LogP contribution in [-0.2, 0) is 11.0 Å². The first kappa shape index (κ1) is 17.8. The Labute approximate surface area is 134 Å². The van der Waals surface area contributed by atoms with Gasteiger partial charge in [-0.05, 0) is 37.3 Å². The van der Waals surface area contributed by atoms with E-state index >= 15 is 0 Å². The molecular formula is C17H23F3N2O. The van der Waals surface area contributed by atoms with Crippen LogP contribution in [0.15, 0.2) is 24.3 Å². The average Bonchev–Trinajstić information content (AvgIpc) is 2.46. The second-order valence-electron chi connectivity index (χ2n) is 6.45. The topological polar surface area (TPSA) is 46.3 Å². The van der Waals surface area contributed by atoms with E-state index in [9.17, 15) is 18.0 Å². The van der Waals surface area contributed by atoms with Gasteiger partial charge in [-0.3, -0.25) is 4.79 Å². The third-order valence-corrected chi connectivity index (χ3v) is 4.50. The van der Waals surface area contributed by atoms with Gasteiger partial charge in [-0.1, -0.05) is 25.1 Å². The van der Waals surface area contributed by atoms with Gasteiger partial charge in [0.25, 0.3) is 0 Å². The molecule has 3 nitrogen and oxygen atoms in total. The van der Waals surface area contributed by atoms with Crippen LogP contribution in [-0.4, -0.2) is 29.4 Å². The summed E-state index contributed by atoms with van der Waals surface area (Å²) in [5, 5.41) is 0. The highest BCUT2D eigenvalue weighted by molar-refractivity contribution is 5.77. The number of rotatable bonds is 3. The van der Waals surface area contributed by atoms with E-state index < -0.39 is 11.7 Å². The molecule has 1 saturated heterocycles. The van der Waals surface area contributed by atoms with Gasteiger partial charge in [0.15, 0.2) is 0 Å². The average molecular weight is 328 g/mol. The summed E-state index contributed by atoms with van der Waals surface area (Å²) in [6.07, 6.45) is -2.62. The van der Waals surface area contributed by atoms with Crippen LogP contribution in [0.5, 0.6) is 0 Å². The fourth-order valence-electron chi connectivity index (χ4n) is 3.10. The molecule has 0 aliphatic carbocycles. The van der Waals surface area contributed by atoms with Crippen molar-refractivity contribution in [1.29, 1.82) is 0 Å². The molecule has 1 fully saturated rings. The Balaban J connectivity index is 2.04. The molecule has 0 aromatic heterocycles. The molecule has 1 amide bonds. The minimum atomic E-state index is -4.36. The molecule has 0 unspecified atom stereocenters. The maximum absolute atomic E-state index is 12.8. The third kappa shape index (κ3) is 4.47. The molecule has 0 saturated carbocycles. The number of likely N-dealkylation sites (tertiary alicyclic amines) is 1. The van der Waals surface area contributed by atoms with Crippen molar-refractivity contribution in [3.63, 3.8) is 0 Å². The van der Waals surface area contributed by atoms with Crippen molar-refractivity contribution >= 4 is 5.91 Å². The molecule has 2 rings (SSSR count). The highest BCUT2D eigenvalue weighted by Gasteiger charge is 2.31. The van der Waals surface area contributed by atoms with Gasteiger partial charge in [0, 0.05) is 25.0 Å². The first-order chi connectivity index (χ1) is 10.7. The molecule has 1 aliphatic heterocycles.